The summed E-state index contributed by atoms with van der Waals surface area (Å²) in [6.07, 6.45) is 1.58. The zero-order valence-electron chi connectivity index (χ0n) is 16.4. The number of aromatic amines is 1. The normalized spacial score (nSPS) is 11.7. The van der Waals surface area contributed by atoms with Crippen LogP contribution in [-0.2, 0) is 12.0 Å². The number of aromatic carboxylic acids is 1. The molecule has 0 spiro atoms. The van der Waals surface area contributed by atoms with Gasteiger partial charge in [-0.1, -0.05) is 45.0 Å². The summed E-state index contributed by atoms with van der Waals surface area (Å²) in [5.41, 5.74) is 2.26. The Labute approximate surface area is 173 Å². The second-order valence-corrected chi connectivity index (χ2v) is 7.88. The summed E-state index contributed by atoms with van der Waals surface area (Å²) in [7, 11) is 0. The number of benzene rings is 2. The first kappa shape index (κ1) is 20.5. The van der Waals surface area contributed by atoms with Gasteiger partial charge in [0, 0.05) is 0 Å². The molecule has 2 N–H and O–H groups in total. The molecule has 1 heterocycles. The topological polar surface area (TPSA) is 92.5 Å². The molecule has 0 saturated carbocycles. The van der Waals surface area contributed by atoms with Gasteiger partial charge in [-0.2, -0.15) is 14.9 Å². The predicted molar refractivity (Wildman–Crippen MR) is 113 cm³/mol. The summed E-state index contributed by atoms with van der Waals surface area (Å²) in [5, 5.41) is 20.2. The number of carbonyl (C=O) groups is 1. The highest BCUT2D eigenvalue weighted by molar-refractivity contribution is 7.71. The van der Waals surface area contributed by atoms with Crippen LogP contribution < -0.4 is 4.74 Å². The largest absolute Gasteiger partial charge is 0.486 e. The van der Waals surface area contributed by atoms with Gasteiger partial charge in [0.15, 0.2) is 5.82 Å². The van der Waals surface area contributed by atoms with E-state index < -0.39 is 5.97 Å². The fourth-order valence-corrected chi connectivity index (χ4v) is 2.77. The zero-order chi connectivity index (χ0) is 21.0. The molecule has 150 valence electrons. The number of nitrogens with one attached hydrogen (secondary N) is 1. The van der Waals surface area contributed by atoms with Crippen LogP contribution in [0.25, 0.3) is 0 Å². The Morgan fingerprint density at radius 1 is 1.21 bits per heavy atom. The second kappa shape index (κ2) is 8.40. The van der Waals surface area contributed by atoms with E-state index in [1.807, 2.05) is 24.3 Å². The summed E-state index contributed by atoms with van der Waals surface area (Å²) in [4.78, 5) is 10.9. The molecule has 29 heavy (non-hydrogen) atoms. The molecular weight excluding hydrogens is 388 g/mol. The number of hydrogen-bond donors (Lipinski definition) is 2. The number of ether oxygens (including phenoxy) is 1. The number of carboxylic acid groups (broad SMARTS) is 1. The first-order valence-corrected chi connectivity index (χ1v) is 9.42. The van der Waals surface area contributed by atoms with Crippen molar-refractivity contribution in [2.75, 3.05) is 0 Å². The molecule has 3 rings (SSSR count). The molecule has 0 radical (unpaired) electrons. The lowest BCUT2D eigenvalue weighted by atomic mass is 9.87. The summed E-state index contributed by atoms with van der Waals surface area (Å²) in [6.45, 7) is 6.67. The van der Waals surface area contributed by atoms with E-state index in [0.29, 0.717) is 10.6 Å². The van der Waals surface area contributed by atoms with Crippen molar-refractivity contribution in [3.05, 3.63) is 75.8 Å². The van der Waals surface area contributed by atoms with Gasteiger partial charge in [-0.15, -0.1) is 0 Å². The maximum atomic E-state index is 10.9. The van der Waals surface area contributed by atoms with Crippen LogP contribution in [-0.4, -0.2) is 32.2 Å². The van der Waals surface area contributed by atoms with Crippen LogP contribution in [0.15, 0.2) is 53.6 Å². The van der Waals surface area contributed by atoms with Crippen LogP contribution in [0.3, 0.4) is 0 Å². The fourth-order valence-electron chi connectivity index (χ4n) is 2.57. The Hall–Kier alpha value is -3.26. The monoisotopic (exact) mass is 410 g/mol. The van der Waals surface area contributed by atoms with Crippen LogP contribution in [0, 0.1) is 4.77 Å². The van der Waals surface area contributed by atoms with Crippen LogP contribution in [0.4, 0.5) is 0 Å². The lowest BCUT2D eigenvalue weighted by Gasteiger charge is -2.19. The number of hydrogen-bond acceptors (Lipinski definition) is 5. The molecular formula is C21H22N4O3S. The molecule has 0 atom stereocenters. The number of carboxylic acids is 1. The van der Waals surface area contributed by atoms with Gasteiger partial charge < -0.3 is 9.84 Å². The van der Waals surface area contributed by atoms with Crippen LogP contribution in [0.2, 0.25) is 0 Å². The number of H-pyrrole nitrogens is 1. The van der Waals surface area contributed by atoms with E-state index in [4.69, 9.17) is 22.1 Å². The number of rotatable bonds is 6. The Morgan fingerprint density at radius 3 is 2.45 bits per heavy atom. The van der Waals surface area contributed by atoms with Gasteiger partial charge in [-0.05, 0) is 53.0 Å². The molecule has 1 aromatic heterocycles. The smallest absolute Gasteiger partial charge is 0.335 e. The molecule has 7 nitrogen and oxygen atoms in total. The third-order valence-corrected chi connectivity index (χ3v) is 4.55. The average molecular weight is 410 g/mol. The van der Waals surface area contributed by atoms with Crippen molar-refractivity contribution in [3.8, 4) is 5.75 Å². The molecule has 0 unspecified atom stereocenters. The molecule has 8 heteroatoms. The van der Waals surface area contributed by atoms with Crippen LogP contribution >= 0.6 is 12.2 Å². The standard InChI is InChI=1S/C21H22N4O3S/c1-21(2,3)16-8-10-17(11-9-16)28-13-18-23-24-20(29)25(18)22-12-14-4-6-15(7-5-14)19(26)27/h4-12H,13H2,1-3H3,(H,24,29)(H,26,27)/b22-12-. The number of nitrogens with zero attached hydrogens (tertiary/aromatic N) is 3. The first-order chi connectivity index (χ1) is 13.7. The van der Waals surface area contributed by atoms with Crippen molar-refractivity contribution < 1.29 is 14.6 Å². The Morgan fingerprint density at radius 2 is 1.86 bits per heavy atom. The molecule has 3 aromatic rings. The minimum atomic E-state index is -0.972. The van der Waals surface area contributed by atoms with Gasteiger partial charge in [-0.3, -0.25) is 0 Å². The van der Waals surface area contributed by atoms with Crippen molar-refractivity contribution in [2.24, 2.45) is 5.10 Å². The van der Waals surface area contributed by atoms with Crippen LogP contribution in [0.5, 0.6) is 5.75 Å². The highest BCUT2D eigenvalue weighted by Crippen LogP contribution is 2.24. The first-order valence-electron chi connectivity index (χ1n) is 9.01. The Bertz CT molecular complexity index is 1070. The molecule has 0 aliphatic heterocycles. The average Bonchev–Trinajstić information content (AvgIpc) is 3.04. The van der Waals surface area contributed by atoms with E-state index in [1.54, 1.807) is 18.3 Å². The van der Waals surface area contributed by atoms with Crippen molar-refractivity contribution in [1.29, 1.82) is 0 Å². The van der Waals surface area contributed by atoms with Gasteiger partial charge in [0.05, 0.1) is 11.8 Å². The van der Waals surface area contributed by atoms with Crippen molar-refractivity contribution in [1.82, 2.24) is 14.9 Å². The Kier molecular flexibility index (Phi) is 5.93. The van der Waals surface area contributed by atoms with Crippen LogP contribution in [0.1, 0.15) is 48.1 Å². The van der Waals surface area contributed by atoms with Gasteiger partial charge in [0.2, 0.25) is 4.77 Å². The minimum absolute atomic E-state index is 0.0817. The van der Waals surface area contributed by atoms with E-state index in [2.05, 4.69) is 36.1 Å². The maximum absolute atomic E-state index is 10.9. The minimum Gasteiger partial charge on any atom is -0.486 e. The van der Waals surface area contributed by atoms with Crippen molar-refractivity contribution in [2.45, 2.75) is 32.8 Å². The lowest BCUT2D eigenvalue weighted by Crippen LogP contribution is -2.10. The van der Waals surface area contributed by atoms with Gasteiger partial charge in [0.1, 0.15) is 12.4 Å². The van der Waals surface area contributed by atoms with E-state index in [9.17, 15) is 4.79 Å². The fraction of sp³-hybridized carbons (Fsp3) is 0.238. The molecule has 0 amide bonds. The summed E-state index contributed by atoms with van der Waals surface area (Å²) < 4.78 is 7.63. The van der Waals surface area contributed by atoms with Gasteiger partial charge in [0.25, 0.3) is 0 Å². The SMILES string of the molecule is CC(C)(C)c1ccc(OCc2n[nH]c(=S)n2/N=C\c2ccc(C(=O)O)cc2)cc1. The highest BCUT2D eigenvalue weighted by Gasteiger charge is 2.13. The third-order valence-electron chi connectivity index (χ3n) is 4.29. The quantitative estimate of drug-likeness (QED) is 0.464. The third kappa shape index (κ3) is 5.17. The summed E-state index contributed by atoms with van der Waals surface area (Å²) >= 11 is 5.23. The van der Waals surface area contributed by atoms with E-state index in [1.165, 1.54) is 22.4 Å². The van der Waals surface area contributed by atoms with E-state index in [0.717, 1.165) is 11.3 Å². The van der Waals surface area contributed by atoms with Gasteiger partial charge in [-0.25, -0.2) is 9.89 Å². The van der Waals surface area contributed by atoms with E-state index >= 15 is 0 Å². The molecule has 0 bridgehead atoms. The van der Waals surface area contributed by atoms with E-state index in [-0.39, 0.29) is 17.6 Å². The predicted octanol–water partition coefficient (Wildman–Crippen LogP) is 4.40. The van der Waals surface area contributed by atoms with Gasteiger partial charge >= 0.3 is 5.97 Å². The number of aromatic nitrogens is 3. The zero-order valence-corrected chi connectivity index (χ0v) is 17.2. The molecule has 0 saturated heterocycles. The maximum Gasteiger partial charge on any atom is 0.335 e. The highest BCUT2D eigenvalue weighted by atomic mass is 32.1. The molecule has 0 fully saturated rings. The summed E-state index contributed by atoms with van der Waals surface area (Å²) in [5.74, 6) is 0.278. The molecule has 2 aromatic carbocycles. The Balaban J connectivity index is 1.71. The van der Waals surface area contributed by atoms with Crippen molar-refractivity contribution >= 4 is 24.4 Å². The lowest BCUT2D eigenvalue weighted by molar-refractivity contribution is 0.0697. The summed E-state index contributed by atoms with van der Waals surface area (Å²) in [6, 6.07) is 14.3. The molecule has 0 aliphatic carbocycles. The molecule has 0 aliphatic rings. The van der Waals surface area contributed by atoms with Crippen molar-refractivity contribution in [3.63, 3.8) is 0 Å². The second-order valence-electron chi connectivity index (χ2n) is 7.49.